The number of nitrogens with one attached hydrogen (secondary N) is 1. The van der Waals surface area contributed by atoms with Crippen LogP contribution in [0, 0.1) is 0 Å². The lowest BCUT2D eigenvalue weighted by Gasteiger charge is -2.24. The van der Waals surface area contributed by atoms with Crippen molar-refractivity contribution in [1.29, 1.82) is 0 Å². The minimum Gasteiger partial charge on any atom is -0.402 e. The van der Waals surface area contributed by atoms with Crippen LogP contribution in [-0.2, 0) is 14.4 Å². The normalized spacial score (nSPS) is 18.2. The maximum Gasteiger partial charge on any atom is 0.248 e. The highest BCUT2D eigenvalue weighted by atomic mass is 16.6. The van der Waals surface area contributed by atoms with Gasteiger partial charge in [0.05, 0.1) is 12.1 Å². The highest BCUT2D eigenvalue weighted by Crippen LogP contribution is 2.21. The highest BCUT2D eigenvalue weighted by Gasteiger charge is 2.23. The van der Waals surface area contributed by atoms with Crippen molar-refractivity contribution in [2.24, 2.45) is 11.6 Å². The number of nitrogens with two attached hydrogens (primary N) is 2. The number of allylic oxidation sites excluding steroid dienone is 3. The van der Waals surface area contributed by atoms with Crippen LogP contribution in [0.3, 0.4) is 0 Å². The third kappa shape index (κ3) is 4.18. The number of carbonyl (C=O) groups is 2. The van der Waals surface area contributed by atoms with Gasteiger partial charge in [-0.3, -0.25) is 14.4 Å². The van der Waals surface area contributed by atoms with E-state index in [4.69, 9.17) is 16.5 Å². The van der Waals surface area contributed by atoms with Gasteiger partial charge in [-0.15, -0.1) is 0 Å². The molecule has 0 aromatic rings. The zero-order valence-electron chi connectivity index (χ0n) is 12.0. The zero-order chi connectivity index (χ0) is 15.1. The van der Waals surface area contributed by atoms with E-state index in [9.17, 15) is 9.59 Å². The predicted octanol–water partition coefficient (Wildman–Crippen LogP) is 0.682. The Morgan fingerprint density at radius 1 is 1.55 bits per heavy atom. The number of hydrogen-bond donors (Lipinski definition) is 3. The molecule has 1 aliphatic carbocycles. The molecular weight excluding hydrogens is 258 g/mol. The summed E-state index contributed by atoms with van der Waals surface area (Å²) in [5.74, 6) is 4.93. The fourth-order valence-electron chi connectivity index (χ4n) is 2.21. The molecule has 6 nitrogen and oxygen atoms in total. The predicted molar refractivity (Wildman–Crippen MR) is 76.2 cm³/mol. The van der Waals surface area contributed by atoms with Gasteiger partial charge in [-0.25, -0.2) is 5.90 Å². The first-order valence-corrected chi connectivity index (χ1v) is 6.84. The number of rotatable bonds is 7. The molecule has 2 atom stereocenters. The molecule has 0 saturated heterocycles. The molecule has 0 aromatic heterocycles. The Labute approximate surface area is 119 Å². The summed E-state index contributed by atoms with van der Waals surface area (Å²) in [6.45, 7) is 3.82. The van der Waals surface area contributed by atoms with Crippen LogP contribution in [0.2, 0.25) is 0 Å². The van der Waals surface area contributed by atoms with E-state index in [1.54, 1.807) is 13.0 Å². The summed E-state index contributed by atoms with van der Waals surface area (Å²) in [7, 11) is 0. The standard InChI is InChI=1S/C14H23N3O3/c1-3-4-13(9(2)20-16)17-14(19)12-6-5-11(15)7-10(12)8-18/h7-9,13H,3-6,15-16H2,1-2H3,(H,17,19). The third-order valence-electron chi connectivity index (χ3n) is 3.45. The maximum atomic E-state index is 12.3. The Hall–Kier alpha value is -1.66. The summed E-state index contributed by atoms with van der Waals surface area (Å²) >= 11 is 0. The first-order chi connectivity index (χ1) is 9.53. The SMILES string of the molecule is CCCC(NC(=O)C1=C(C=O)C=C(N)CC1)C(C)ON. The highest BCUT2D eigenvalue weighted by molar-refractivity contribution is 6.00. The monoisotopic (exact) mass is 281 g/mol. The van der Waals surface area contributed by atoms with E-state index in [0.717, 1.165) is 12.8 Å². The number of hydrogen-bond acceptors (Lipinski definition) is 5. The van der Waals surface area contributed by atoms with Crippen LogP contribution in [0.5, 0.6) is 0 Å². The van der Waals surface area contributed by atoms with Gasteiger partial charge in [-0.1, -0.05) is 13.3 Å². The van der Waals surface area contributed by atoms with Gasteiger partial charge >= 0.3 is 0 Å². The summed E-state index contributed by atoms with van der Waals surface area (Å²) in [5, 5.41) is 2.89. The first kappa shape index (κ1) is 16.4. The smallest absolute Gasteiger partial charge is 0.248 e. The van der Waals surface area contributed by atoms with Crippen molar-refractivity contribution in [2.45, 2.75) is 51.7 Å². The zero-order valence-corrected chi connectivity index (χ0v) is 12.0. The molecule has 0 heterocycles. The lowest BCUT2D eigenvalue weighted by molar-refractivity contribution is -0.120. The molecule has 20 heavy (non-hydrogen) atoms. The molecule has 1 aliphatic rings. The number of aldehydes is 1. The Balaban J connectivity index is 2.85. The molecule has 0 bridgehead atoms. The summed E-state index contributed by atoms with van der Waals surface area (Å²) in [6, 6.07) is -0.179. The van der Waals surface area contributed by atoms with Crippen molar-refractivity contribution >= 4 is 12.2 Å². The molecule has 0 radical (unpaired) electrons. The summed E-state index contributed by atoms with van der Waals surface area (Å²) in [6.07, 6.45) is 4.64. The van der Waals surface area contributed by atoms with Crippen molar-refractivity contribution in [3.63, 3.8) is 0 Å². The molecule has 0 aromatic carbocycles. The van der Waals surface area contributed by atoms with Crippen LogP contribution in [0.15, 0.2) is 22.9 Å². The Kier molecular flexibility index (Phi) is 6.41. The molecule has 0 aliphatic heterocycles. The van der Waals surface area contributed by atoms with E-state index < -0.39 is 0 Å². The lowest BCUT2D eigenvalue weighted by Crippen LogP contribution is -2.45. The van der Waals surface area contributed by atoms with E-state index in [1.165, 1.54) is 0 Å². The van der Waals surface area contributed by atoms with Crippen molar-refractivity contribution in [3.8, 4) is 0 Å². The van der Waals surface area contributed by atoms with Gasteiger partial charge in [-0.05, 0) is 32.3 Å². The van der Waals surface area contributed by atoms with Crippen LogP contribution in [-0.4, -0.2) is 24.3 Å². The minimum atomic E-state index is -0.289. The molecule has 1 amide bonds. The van der Waals surface area contributed by atoms with Crippen molar-refractivity contribution in [1.82, 2.24) is 5.32 Å². The summed E-state index contributed by atoms with van der Waals surface area (Å²) in [4.78, 5) is 28.1. The molecule has 2 unspecified atom stereocenters. The largest absolute Gasteiger partial charge is 0.402 e. The molecule has 112 valence electrons. The van der Waals surface area contributed by atoms with Crippen LogP contribution in [0.25, 0.3) is 0 Å². The lowest BCUT2D eigenvalue weighted by atomic mass is 9.95. The van der Waals surface area contributed by atoms with E-state index in [1.807, 2.05) is 6.92 Å². The fourth-order valence-corrected chi connectivity index (χ4v) is 2.21. The Bertz CT molecular complexity index is 429. The summed E-state index contributed by atoms with van der Waals surface area (Å²) < 4.78 is 0. The molecule has 6 heteroatoms. The van der Waals surface area contributed by atoms with Gasteiger partial charge in [0.25, 0.3) is 0 Å². The van der Waals surface area contributed by atoms with Crippen LogP contribution >= 0.6 is 0 Å². The van der Waals surface area contributed by atoms with Gasteiger partial charge < -0.3 is 11.1 Å². The van der Waals surface area contributed by atoms with Gasteiger partial charge in [-0.2, -0.15) is 0 Å². The second kappa shape index (κ2) is 7.81. The molecule has 5 N–H and O–H groups in total. The maximum absolute atomic E-state index is 12.3. The van der Waals surface area contributed by atoms with Gasteiger partial charge in [0.2, 0.25) is 5.91 Å². The molecule has 0 saturated carbocycles. The van der Waals surface area contributed by atoms with Gasteiger partial charge in [0.15, 0.2) is 6.29 Å². The second-order valence-corrected chi connectivity index (χ2v) is 4.98. The van der Waals surface area contributed by atoms with E-state index in [-0.39, 0.29) is 18.1 Å². The quantitative estimate of drug-likeness (QED) is 0.470. The van der Waals surface area contributed by atoms with Gasteiger partial charge in [0, 0.05) is 16.8 Å². The van der Waals surface area contributed by atoms with E-state index in [0.29, 0.717) is 36.0 Å². The van der Waals surface area contributed by atoms with Crippen molar-refractivity contribution in [2.75, 3.05) is 0 Å². The average molecular weight is 281 g/mol. The van der Waals surface area contributed by atoms with Crippen LogP contribution in [0.4, 0.5) is 0 Å². The van der Waals surface area contributed by atoms with Crippen molar-refractivity contribution < 1.29 is 14.4 Å². The molecule has 0 fully saturated rings. The fraction of sp³-hybridized carbons (Fsp3) is 0.571. The summed E-state index contributed by atoms with van der Waals surface area (Å²) in [5.41, 5.74) is 7.12. The number of carbonyl (C=O) groups excluding carboxylic acids is 2. The van der Waals surface area contributed by atoms with Crippen LogP contribution in [0.1, 0.15) is 39.5 Å². The molecule has 1 rings (SSSR count). The van der Waals surface area contributed by atoms with Crippen LogP contribution < -0.4 is 16.9 Å². The third-order valence-corrected chi connectivity index (χ3v) is 3.45. The number of amides is 1. The minimum absolute atomic E-state index is 0.179. The van der Waals surface area contributed by atoms with E-state index >= 15 is 0 Å². The molecule has 0 spiro atoms. The Morgan fingerprint density at radius 2 is 2.25 bits per heavy atom. The van der Waals surface area contributed by atoms with Gasteiger partial charge in [0.1, 0.15) is 0 Å². The molecular formula is C14H23N3O3. The first-order valence-electron chi connectivity index (χ1n) is 6.84. The van der Waals surface area contributed by atoms with Crippen molar-refractivity contribution in [3.05, 3.63) is 22.9 Å². The second-order valence-electron chi connectivity index (χ2n) is 4.98. The van der Waals surface area contributed by atoms with E-state index in [2.05, 4.69) is 5.32 Å². The average Bonchev–Trinajstić information content (AvgIpc) is 2.45. The topological polar surface area (TPSA) is 107 Å². The Morgan fingerprint density at radius 3 is 2.80 bits per heavy atom.